The lowest BCUT2D eigenvalue weighted by Gasteiger charge is -2.39. The van der Waals surface area contributed by atoms with Gasteiger partial charge >= 0.3 is 0 Å². The number of aromatic hydroxyl groups is 1. The fraction of sp³-hybridized carbons (Fsp3) is 0.667. The molecule has 0 heterocycles. The monoisotopic (exact) mass is 338 g/mol. The second-order valence-corrected chi connectivity index (χ2v) is 7.12. The van der Waals surface area contributed by atoms with Crippen LogP contribution in [0.1, 0.15) is 57.4 Å². The Balaban J connectivity index is 1.92. The molecule has 0 spiro atoms. The molecule has 2 heteroatoms. The number of phenols is 1. The molecular formula is C18H27BrO. The zero-order chi connectivity index (χ0) is 14.4. The maximum atomic E-state index is 9.39. The van der Waals surface area contributed by atoms with Crippen LogP contribution in [0, 0.1) is 11.3 Å². The second-order valence-electron chi connectivity index (χ2n) is 6.56. The van der Waals surface area contributed by atoms with Gasteiger partial charge in [0.15, 0.2) is 0 Å². The highest BCUT2D eigenvalue weighted by Gasteiger charge is 2.34. The average Bonchev–Trinajstić information content (AvgIpc) is 2.49. The van der Waals surface area contributed by atoms with E-state index in [9.17, 15) is 5.11 Å². The van der Waals surface area contributed by atoms with E-state index in [-0.39, 0.29) is 0 Å². The molecule has 0 bridgehead atoms. The molecule has 1 aliphatic carbocycles. The van der Waals surface area contributed by atoms with E-state index in [0.29, 0.717) is 11.2 Å². The minimum Gasteiger partial charge on any atom is -0.508 e. The Morgan fingerprint density at radius 3 is 2.40 bits per heavy atom. The molecule has 2 rings (SSSR count). The molecule has 1 saturated carbocycles. The molecule has 0 unspecified atom stereocenters. The maximum absolute atomic E-state index is 9.39. The van der Waals surface area contributed by atoms with Crippen LogP contribution in [-0.4, -0.2) is 10.4 Å². The van der Waals surface area contributed by atoms with E-state index in [1.54, 1.807) is 0 Å². The quantitative estimate of drug-likeness (QED) is 0.660. The smallest absolute Gasteiger partial charge is 0.115 e. The van der Waals surface area contributed by atoms with E-state index in [2.05, 4.69) is 35.0 Å². The molecule has 20 heavy (non-hydrogen) atoms. The summed E-state index contributed by atoms with van der Waals surface area (Å²) in [7, 11) is 0. The summed E-state index contributed by atoms with van der Waals surface area (Å²) in [5.74, 6) is 1.33. The highest BCUT2D eigenvalue weighted by molar-refractivity contribution is 9.09. The highest BCUT2D eigenvalue weighted by Crippen LogP contribution is 2.44. The Bertz CT molecular complexity index is 390. The van der Waals surface area contributed by atoms with E-state index >= 15 is 0 Å². The molecule has 112 valence electrons. The maximum Gasteiger partial charge on any atom is 0.115 e. The number of hydrogen-bond donors (Lipinski definition) is 1. The van der Waals surface area contributed by atoms with Gasteiger partial charge in [0.05, 0.1) is 0 Å². The number of benzene rings is 1. The summed E-state index contributed by atoms with van der Waals surface area (Å²) in [6.45, 7) is 2.29. The van der Waals surface area contributed by atoms with Crippen molar-refractivity contribution in [2.24, 2.45) is 11.3 Å². The minimum absolute atomic E-state index is 0.366. The molecule has 0 saturated heterocycles. The summed E-state index contributed by atoms with van der Waals surface area (Å²) in [4.78, 5) is 0. The average molecular weight is 339 g/mol. The lowest BCUT2D eigenvalue weighted by Crippen LogP contribution is -2.31. The number of rotatable bonds is 6. The van der Waals surface area contributed by atoms with Crippen molar-refractivity contribution >= 4 is 15.9 Å². The molecule has 0 aromatic heterocycles. The molecule has 0 aliphatic heterocycles. The van der Waals surface area contributed by atoms with Gasteiger partial charge in [-0.25, -0.2) is 0 Å². The molecule has 0 radical (unpaired) electrons. The lowest BCUT2D eigenvalue weighted by molar-refractivity contribution is 0.168. The van der Waals surface area contributed by atoms with Gasteiger partial charge in [0.25, 0.3) is 0 Å². The molecule has 0 atom stereocenters. The Kier molecular flexibility index (Phi) is 5.95. The molecule has 1 N–H and O–H groups in total. The van der Waals surface area contributed by atoms with Crippen LogP contribution in [0.15, 0.2) is 24.3 Å². The van der Waals surface area contributed by atoms with Crippen LogP contribution in [-0.2, 0) is 6.42 Å². The first-order chi connectivity index (χ1) is 9.67. The van der Waals surface area contributed by atoms with E-state index in [1.165, 1.54) is 50.5 Å². The summed E-state index contributed by atoms with van der Waals surface area (Å²) < 4.78 is 0. The normalized spacial score (nSPS) is 26.6. The van der Waals surface area contributed by atoms with Crippen molar-refractivity contribution in [3.8, 4) is 5.75 Å². The Hall–Kier alpha value is -0.500. The van der Waals surface area contributed by atoms with Crippen LogP contribution in [0.25, 0.3) is 0 Å². The van der Waals surface area contributed by atoms with Gasteiger partial charge in [-0.1, -0.05) is 54.2 Å². The molecular weight excluding hydrogens is 312 g/mol. The predicted molar refractivity (Wildman–Crippen MR) is 89.5 cm³/mol. The van der Waals surface area contributed by atoms with Gasteiger partial charge in [-0.2, -0.15) is 0 Å². The lowest BCUT2D eigenvalue weighted by atomic mass is 9.68. The number of hydrogen-bond acceptors (Lipinski definition) is 1. The highest BCUT2D eigenvalue weighted by atomic mass is 79.9. The van der Waals surface area contributed by atoms with E-state index in [4.69, 9.17) is 0 Å². The molecule has 0 amide bonds. The van der Waals surface area contributed by atoms with Gasteiger partial charge in [0.1, 0.15) is 5.75 Å². The van der Waals surface area contributed by atoms with E-state index in [1.807, 2.05) is 12.1 Å². The first-order valence-electron chi connectivity index (χ1n) is 8.01. The van der Waals surface area contributed by atoms with Crippen molar-refractivity contribution in [3.05, 3.63) is 29.8 Å². The van der Waals surface area contributed by atoms with Crippen molar-refractivity contribution in [2.45, 2.75) is 58.3 Å². The molecule has 1 nitrogen and oxygen atoms in total. The summed E-state index contributed by atoms with van der Waals surface area (Å²) in [5, 5.41) is 10.5. The third kappa shape index (κ3) is 4.25. The molecule has 1 fully saturated rings. The first kappa shape index (κ1) is 15.9. The SMILES string of the molecule is CCCCC1CCC(CBr)(Cc2ccc(O)cc2)CC1. The van der Waals surface area contributed by atoms with Gasteiger partial charge in [0, 0.05) is 5.33 Å². The fourth-order valence-corrected chi connectivity index (χ4v) is 4.23. The fourth-order valence-electron chi connectivity index (χ4n) is 3.48. The number of halogens is 1. The van der Waals surface area contributed by atoms with Crippen molar-refractivity contribution < 1.29 is 5.11 Å². The summed E-state index contributed by atoms with van der Waals surface area (Å²) in [6, 6.07) is 7.76. The third-order valence-corrected chi connectivity index (χ3v) is 6.12. The largest absolute Gasteiger partial charge is 0.508 e. The van der Waals surface area contributed by atoms with Crippen LogP contribution in [0.2, 0.25) is 0 Å². The minimum atomic E-state index is 0.366. The Morgan fingerprint density at radius 1 is 1.20 bits per heavy atom. The second kappa shape index (κ2) is 7.49. The van der Waals surface area contributed by atoms with E-state index in [0.717, 1.165) is 17.7 Å². The zero-order valence-electron chi connectivity index (χ0n) is 12.6. The molecule has 1 aliphatic rings. The standard InChI is InChI=1S/C18H27BrO/c1-2-3-4-15-9-11-18(14-19,12-10-15)13-16-5-7-17(20)8-6-16/h5-8,15,20H,2-4,9-14H2,1H3. The van der Waals surface area contributed by atoms with Gasteiger partial charge in [0.2, 0.25) is 0 Å². The number of alkyl halides is 1. The van der Waals surface area contributed by atoms with Crippen LogP contribution in [0.4, 0.5) is 0 Å². The topological polar surface area (TPSA) is 20.2 Å². The summed E-state index contributed by atoms with van der Waals surface area (Å²) in [6.07, 6.45) is 10.7. The summed E-state index contributed by atoms with van der Waals surface area (Å²) >= 11 is 3.76. The predicted octanol–water partition coefficient (Wildman–Crippen LogP) is 5.70. The van der Waals surface area contributed by atoms with Gasteiger partial charge in [-0.05, 0) is 61.1 Å². The van der Waals surface area contributed by atoms with Crippen molar-refractivity contribution in [3.63, 3.8) is 0 Å². The van der Waals surface area contributed by atoms with Crippen molar-refractivity contribution in [1.29, 1.82) is 0 Å². The number of phenolic OH excluding ortho intramolecular Hbond substituents is 1. The number of unbranched alkanes of at least 4 members (excludes halogenated alkanes) is 1. The van der Waals surface area contributed by atoms with E-state index < -0.39 is 0 Å². The Morgan fingerprint density at radius 2 is 1.85 bits per heavy atom. The van der Waals surface area contributed by atoms with Gasteiger partial charge in [-0.3, -0.25) is 0 Å². The van der Waals surface area contributed by atoms with Crippen LogP contribution < -0.4 is 0 Å². The van der Waals surface area contributed by atoms with Gasteiger partial charge in [-0.15, -0.1) is 0 Å². The van der Waals surface area contributed by atoms with Crippen LogP contribution in [0.3, 0.4) is 0 Å². The summed E-state index contributed by atoms with van der Waals surface area (Å²) in [5.41, 5.74) is 1.79. The van der Waals surface area contributed by atoms with Crippen molar-refractivity contribution in [1.82, 2.24) is 0 Å². The van der Waals surface area contributed by atoms with Crippen LogP contribution in [0.5, 0.6) is 5.75 Å². The van der Waals surface area contributed by atoms with Crippen LogP contribution >= 0.6 is 15.9 Å². The zero-order valence-corrected chi connectivity index (χ0v) is 14.2. The molecule has 1 aromatic carbocycles. The molecule has 1 aromatic rings. The third-order valence-electron chi connectivity index (χ3n) is 4.93. The van der Waals surface area contributed by atoms with Gasteiger partial charge < -0.3 is 5.11 Å². The van der Waals surface area contributed by atoms with Crippen molar-refractivity contribution in [2.75, 3.05) is 5.33 Å². The first-order valence-corrected chi connectivity index (χ1v) is 9.13. The Labute approximate surface area is 131 Å².